The molecule has 0 radical (unpaired) electrons. The molecular formula is C24H24O12. The minimum Gasteiger partial charge on any atom is -0.504 e. The normalized spacial score (nSPS) is 24.1. The Hall–Kier alpha value is -4.10. The molecule has 1 aliphatic rings. The first-order valence-corrected chi connectivity index (χ1v) is 10.5. The standard InChI is InChI=1S/C24H24O12/c25-11-18-21(32)23(35-19(30)7-3-12-1-5-14(26)16(28)9-12)22(33)24(34-18)36-20(31)8-4-13-2-6-15(27)17(29)10-13/h1-10,18,21-29,32-33H,11H2/b7-3+,8-4-/t18-,21-,22-,23+,24+/m1/s1. The summed E-state index contributed by atoms with van der Waals surface area (Å²) in [4.78, 5) is 24.5. The lowest BCUT2D eigenvalue weighted by molar-refractivity contribution is -0.293. The zero-order valence-corrected chi connectivity index (χ0v) is 18.5. The SMILES string of the molecule is O=C(/C=C\c1ccc(O)c(O)c1)O[C@@H]1O[C@H](CO)[C@@H](O)[C@H](OC(=O)/C=C/c2ccc(O)c(O)c2)[C@H]1O. The molecule has 192 valence electrons. The van der Waals surface area contributed by atoms with Gasteiger partial charge in [-0.2, -0.15) is 0 Å². The largest absolute Gasteiger partial charge is 0.504 e. The molecule has 3 rings (SSSR count). The van der Waals surface area contributed by atoms with E-state index in [0.29, 0.717) is 11.1 Å². The molecule has 1 fully saturated rings. The predicted molar refractivity (Wildman–Crippen MR) is 121 cm³/mol. The molecule has 1 saturated heterocycles. The van der Waals surface area contributed by atoms with Gasteiger partial charge in [-0.25, -0.2) is 9.59 Å². The molecule has 1 aliphatic heterocycles. The third kappa shape index (κ3) is 6.52. The van der Waals surface area contributed by atoms with Gasteiger partial charge in [-0.05, 0) is 47.5 Å². The molecule has 2 aromatic rings. The average Bonchev–Trinajstić information content (AvgIpc) is 2.85. The predicted octanol–water partition coefficient (Wildman–Crippen LogP) is 0.130. The fourth-order valence-electron chi connectivity index (χ4n) is 3.23. The van der Waals surface area contributed by atoms with E-state index in [0.717, 1.165) is 12.2 Å². The van der Waals surface area contributed by atoms with Gasteiger partial charge in [0.15, 0.2) is 35.2 Å². The van der Waals surface area contributed by atoms with Crippen LogP contribution in [-0.4, -0.2) is 85.0 Å². The Morgan fingerprint density at radius 3 is 1.75 bits per heavy atom. The molecule has 0 aromatic heterocycles. The fourth-order valence-corrected chi connectivity index (χ4v) is 3.23. The van der Waals surface area contributed by atoms with Crippen LogP contribution in [-0.2, 0) is 23.8 Å². The van der Waals surface area contributed by atoms with Crippen molar-refractivity contribution in [1.82, 2.24) is 0 Å². The monoisotopic (exact) mass is 504 g/mol. The molecule has 0 aliphatic carbocycles. The molecule has 12 nitrogen and oxygen atoms in total. The van der Waals surface area contributed by atoms with E-state index in [4.69, 9.17) is 14.2 Å². The molecular weight excluding hydrogens is 480 g/mol. The Bertz CT molecular complexity index is 1160. The van der Waals surface area contributed by atoms with Gasteiger partial charge in [0.1, 0.15) is 12.2 Å². The van der Waals surface area contributed by atoms with Crippen molar-refractivity contribution in [2.24, 2.45) is 0 Å². The van der Waals surface area contributed by atoms with E-state index >= 15 is 0 Å². The van der Waals surface area contributed by atoms with E-state index in [1.165, 1.54) is 48.6 Å². The number of rotatable bonds is 7. The lowest BCUT2D eigenvalue weighted by Crippen LogP contribution is -2.60. The lowest BCUT2D eigenvalue weighted by Gasteiger charge is -2.40. The molecule has 7 N–H and O–H groups in total. The maximum absolute atomic E-state index is 12.3. The van der Waals surface area contributed by atoms with Crippen molar-refractivity contribution in [2.45, 2.75) is 30.7 Å². The quantitative estimate of drug-likeness (QED) is 0.153. The molecule has 0 spiro atoms. The molecule has 0 saturated carbocycles. The van der Waals surface area contributed by atoms with Gasteiger partial charge in [0.2, 0.25) is 6.29 Å². The van der Waals surface area contributed by atoms with E-state index in [2.05, 4.69) is 0 Å². The minimum atomic E-state index is -1.83. The van der Waals surface area contributed by atoms with Crippen LogP contribution in [0.3, 0.4) is 0 Å². The van der Waals surface area contributed by atoms with Crippen LogP contribution < -0.4 is 0 Å². The number of hydrogen-bond acceptors (Lipinski definition) is 12. The van der Waals surface area contributed by atoms with Crippen molar-refractivity contribution in [3.05, 3.63) is 59.7 Å². The summed E-state index contributed by atoms with van der Waals surface area (Å²) in [6.07, 6.45) is -3.84. The number of phenols is 4. The zero-order valence-electron chi connectivity index (χ0n) is 18.5. The second-order valence-electron chi connectivity index (χ2n) is 7.71. The number of phenolic OH excluding ortho intramolecular Hbond substituents is 4. The third-order valence-electron chi connectivity index (χ3n) is 5.13. The van der Waals surface area contributed by atoms with Crippen LogP contribution in [0.4, 0.5) is 0 Å². The van der Waals surface area contributed by atoms with Gasteiger partial charge < -0.3 is 50.0 Å². The second kappa shape index (κ2) is 11.6. The van der Waals surface area contributed by atoms with Crippen LogP contribution in [0, 0.1) is 0 Å². The van der Waals surface area contributed by atoms with Gasteiger partial charge in [-0.3, -0.25) is 0 Å². The summed E-state index contributed by atoms with van der Waals surface area (Å²) in [5.41, 5.74) is 0.681. The number of esters is 2. The Balaban J connectivity index is 1.66. The van der Waals surface area contributed by atoms with E-state index in [1.54, 1.807) is 0 Å². The van der Waals surface area contributed by atoms with Crippen LogP contribution in [0.5, 0.6) is 23.0 Å². The molecule has 1 heterocycles. The number of hydrogen-bond donors (Lipinski definition) is 7. The molecule has 0 amide bonds. The highest BCUT2D eigenvalue weighted by atomic mass is 16.7. The zero-order chi connectivity index (χ0) is 26.4. The molecule has 36 heavy (non-hydrogen) atoms. The molecule has 0 unspecified atom stereocenters. The number of aromatic hydroxyl groups is 4. The minimum absolute atomic E-state index is 0.337. The van der Waals surface area contributed by atoms with E-state index in [9.17, 15) is 45.3 Å². The topological polar surface area (TPSA) is 203 Å². The Morgan fingerprint density at radius 1 is 0.778 bits per heavy atom. The van der Waals surface area contributed by atoms with Crippen molar-refractivity contribution in [3.8, 4) is 23.0 Å². The van der Waals surface area contributed by atoms with Gasteiger partial charge in [0.05, 0.1) is 6.61 Å². The summed E-state index contributed by atoms with van der Waals surface area (Å²) < 4.78 is 15.4. The van der Waals surface area contributed by atoms with Gasteiger partial charge in [-0.15, -0.1) is 0 Å². The van der Waals surface area contributed by atoms with Crippen molar-refractivity contribution in [1.29, 1.82) is 0 Å². The molecule has 2 aromatic carbocycles. The lowest BCUT2D eigenvalue weighted by atomic mass is 9.99. The summed E-state index contributed by atoms with van der Waals surface area (Å²) in [6.45, 7) is -0.749. The number of ether oxygens (including phenoxy) is 3. The van der Waals surface area contributed by atoms with Crippen LogP contribution in [0.1, 0.15) is 11.1 Å². The van der Waals surface area contributed by atoms with Gasteiger partial charge >= 0.3 is 11.9 Å². The van der Waals surface area contributed by atoms with Crippen molar-refractivity contribution in [2.75, 3.05) is 6.61 Å². The molecule has 0 bridgehead atoms. The van der Waals surface area contributed by atoms with Gasteiger partial charge in [0, 0.05) is 12.2 Å². The van der Waals surface area contributed by atoms with Gasteiger partial charge in [-0.1, -0.05) is 12.1 Å². The molecule has 5 atom stereocenters. The maximum Gasteiger partial charge on any atom is 0.333 e. The van der Waals surface area contributed by atoms with E-state index < -0.39 is 60.8 Å². The number of benzene rings is 2. The van der Waals surface area contributed by atoms with Crippen molar-refractivity contribution in [3.63, 3.8) is 0 Å². The smallest absolute Gasteiger partial charge is 0.333 e. The highest BCUT2D eigenvalue weighted by molar-refractivity contribution is 5.88. The highest BCUT2D eigenvalue weighted by Gasteiger charge is 2.48. The maximum atomic E-state index is 12.3. The van der Waals surface area contributed by atoms with Crippen molar-refractivity contribution >= 4 is 24.1 Å². The van der Waals surface area contributed by atoms with Gasteiger partial charge in [0.25, 0.3) is 0 Å². The second-order valence-corrected chi connectivity index (χ2v) is 7.71. The number of carbonyl (C=O) groups is 2. The van der Waals surface area contributed by atoms with Crippen molar-refractivity contribution < 1.29 is 59.5 Å². The first-order chi connectivity index (χ1) is 17.1. The Labute approximate surface area is 204 Å². The first kappa shape index (κ1) is 26.5. The third-order valence-corrected chi connectivity index (χ3v) is 5.13. The summed E-state index contributed by atoms with van der Waals surface area (Å²) in [5.74, 6) is -3.53. The average molecular weight is 504 g/mol. The number of carbonyl (C=O) groups excluding carboxylic acids is 2. The Morgan fingerprint density at radius 2 is 1.28 bits per heavy atom. The summed E-state index contributed by atoms with van der Waals surface area (Å²) in [6, 6.07) is 7.59. The number of aliphatic hydroxyl groups is 3. The Kier molecular flexibility index (Phi) is 8.51. The van der Waals surface area contributed by atoms with E-state index in [-0.39, 0.29) is 11.5 Å². The van der Waals surface area contributed by atoms with E-state index in [1.807, 2.05) is 0 Å². The van der Waals surface area contributed by atoms with Crippen LogP contribution >= 0.6 is 0 Å². The first-order valence-electron chi connectivity index (χ1n) is 10.5. The van der Waals surface area contributed by atoms with Crippen LogP contribution in [0.15, 0.2) is 48.6 Å². The summed E-state index contributed by atoms with van der Waals surface area (Å²) in [7, 11) is 0. The number of aliphatic hydroxyl groups excluding tert-OH is 3. The molecule has 12 heteroatoms. The van der Waals surface area contributed by atoms with Crippen LogP contribution in [0.2, 0.25) is 0 Å². The van der Waals surface area contributed by atoms with Crippen LogP contribution in [0.25, 0.3) is 12.2 Å². The summed E-state index contributed by atoms with van der Waals surface area (Å²) in [5, 5.41) is 68.0. The highest BCUT2D eigenvalue weighted by Crippen LogP contribution is 2.28. The fraction of sp³-hybridized carbons (Fsp3) is 0.250. The summed E-state index contributed by atoms with van der Waals surface area (Å²) >= 11 is 0.